The van der Waals surface area contributed by atoms with Crippen molar-refractivity contribution >= 4 is 5.97 Å². The number of carboxylic acids is 1. The van der Waals surface area contributed by atoms with E-state index in [1.54, 1.807) is 0 Å². The summed E-state index contributed by atoms with van der Waals surface area (Å²) in [6.07, 6.45) is 3.92. The van der Waals surface area contributed by atoms with E-state index in [2.05, 4.69) is 0 Å². The van der Waals surface area contributed by atoms with Gasteiger partial charge in [0.05, 0.1) is 0 Å². The van der Waals surface area contributed by atoms with Crippen molar-refractivity contribution in [2.75, 3.05) is 0 Å². The Balaban J connectivity index is 2.38. The van der Waals surface area contributed by atoms with Crippen LogP contribution in [-0.4, -0.2) is 22.3 Å². The molecule has 1 fully saturated rings. The molecule has 0 saturated heterocycles. The predicted octanol–water partition coefficient (Wildman–Crippen LogP) is 1.01. The zero-order valence-corrected chi connectivity index (χ0v) is 6.49. The van der Waals surface area contributed by atoms with Gasteiger partial charge in [-0.2, -0.15) is 0 Å². The number of carbonyl (C=O) groups is 1. The Hall–Kier alpha value is -0.570. The molecule has 0 aromatic rings. The van der Waals surface area contributed by atoms with Gasteiger partial charge in [0.2, 0.25) is 0 Å². The number of hydrogen-bond acceptors (Lipinski definition) is 2. The van der Waals surface area contributed by atoms with Crippen molar-refractivity contribution < 1.29 is 15.0 Å². The van der Waals surface area contributed by atoms with Gasteiger partial charge < -0.3 is 10.2 Å². The van der Waals surface area contributed by atoms with Crippen LogP contribution in [0.5, 0.6) is 0 Å². The number of aliphatic carboxylic acids is 1. The Kier molecular flexibility index (Phi) is 2.88. The number of hydrogen-bond donors (Lipinski definition) is 2. The van der Waals surface area contributed by atoms with Crippen LogP contribution in [0.3, 0.4) is 0 Å². The van der Waals surface area contributed by atoms with Crippen LogP contribution in [0.4, 0.5) is 0 Å². The second-order valence-electron chi connectivity index (χ2n) is 3.18. The van der Waals surface area contributed by atoms with Crippen molar-refractivity contribution in [1.82, 2.24) is 0 Å². The van der Waals surface area contributed by atoms with E-state index in [9.17, 15) is 4.79 Å². The molecule has 0 spiro atoms. The van der Waals surface area contributed by atoms with E-state index in [4.69, 9.17) is 10.2 Å². The summed E-state index contributed by atoms with van der Waals surface area (Å²) < 4.78 is 0. The van der Waals surface area contributed by atoms with Crippen LogP contribution >= 0.6 is 0 Å². The van der Waals surface area contributed by atoms with Crippen LogP contribution < -0.4 is 0 Å². The molecule has 3 nitrogen and oxygen atoms in total. The second-order valence-corrected chi connectivity index (χ2v) is 3.18. The molecule has 11 heavy (non-hydrogen) atoms. The standard InChI is InChI=1S/C8H14O3/c9-7(8(10)11)6-4-2-1-3-5-6/h6-7,9H,1-5H2,(H,10,11)/t7-/m1/s1. The van der Waals surface area contributed by atoms with Gasteiger partial charge in [-0.05, 0) is 18.8 Å². The van der Waals surface area contributed by atoms with Crippen molar-refractivity contribution in [2.24, 2.45) is 5.92 Å². The van der Waals surface area contributed by atoms with Gasteiger partial charge in [0, 0.05) is 0 Å². The molecule has 0 aromatic heterocycles. The summed E-state index contributed by atoms with van der Waals surface area (Å²) in [5, 5.41) is 17.6. The summed E-state index contributed by atoms with van der Waals surface area (Å²) in [5.41, 5.74) is 0. The van der Waals surface area contributed by atoms with Gasteiger partial charge in [-0.15, -0.1) is 0 Å². The molecule has 0 radical (unpaired) electrons. The summed E-state index contributed by atoms with van der Waals surface area (Å²) >= 11 is 0. The normalized spacial score (nSPS) is 23.0. The van der Waals surface area contributed by atoms with Crippen LogP contribution in [0, 0.1) is 5.92 Å². The highest BCUT2D eigenvalue weighted by atomic mass is 16.4. The maximum atomic E-state index is 10.3. The molecule has 1 aliphatic rings. The summed E-state index contributed by atoms with van der Waals surface area (Å²) in [6.45, 7) is 0. The highest BCUT2D eigenvalue weighted by Gasteiger charge is 2.26. The molecule has 1 atom stereocenters. The molecule has 2 N–H and O–H groups in total. The molecule has 0 aromatic carbocycles. The van der Waals surface area contributed by atoms with E-state index < -0.39 is 12.1 Å². The topological polar surface area (TPSA) is 57.5 Å². The zero-order valence-electron chi connectivity index (χ0n) is 6.49. The van der Waals surface area contributed by atoms with Gasteiger partial charge in [0.1, 0.15) is 0 Å². The van der Waals surface area contributed by atoms with Crippen molar-refractivity contribution in [3.63, 3.8) is 0 Å². The van der Waals surface area contributed by atoms with Crippen LogP contribution in [0.15, 0.2) is 0 Å². The van der Waals surface area contributed by atoms with E-state index >= 15 is 0 Å². The van der Waals surface area contributed by atoms with Crippen molar-refractivity contribution in [3.05, 3.63) is 0 Å². The zero-order chi connectivity index (χ0) is 8.27. The Morgan fingerprint density at radius 2 is 1.82 bits per heavy atom. The van der Waals surface area contributed by atoms with E-state index in [0.29, 0.717) is 0 Å². The fraction of sp³-hybridized carbons (Fsp3) is 0.875. The van der Waals surface area contributed by atoms with Gasteiger partial charge in [-0.25, -0.2) is 4.79 Å². The third-order valence-electron chi connectivity index (χ3n) is 2.35. The molecule has 1 aliphatic carbocycles. The minimum atomic E-state index is -1.13. The molecule has 64 valence electrons. The van der Waals surface area contributed by atoms with Crippen LogP contribution in [0.25, 0.3) is 0 Å². The lowest BCUT2D eigenvalue weighted by molar-refractivity contribution is -0.150. The number of aliphatic hydroxyl groups is 1. The first-order valence-corrected chi connectivity index (χ1v) is 4.12. The molecule has 0 unspecified atom stereocenters. The first-order valence-electron chi connectivity index (χ1n) is 4.12. The number of aliphatic hydroxyl groups excluding tert-OH is 1. The molecule has 3 heteroatoms. The first kappa shape index (κ1) is 8.53. The van der Waals surface area contributed by atoms with Gasteiger partial charge in [-0.1, -0.05) is 19.3 Å². The van der Waals surface area contributed by atoms with Crippen molar-refractivity contribution in [3.8, 4) is 0 Å². The lowest BCUT2D eigenvalue weighted by Gasteiger charge is -2.23. The minimum absolute atomic E-state index is 0.00116. The van der Waals surface area contributed by atoms with Crippen LogP contribution in [0.1, 0.15) is 32.1 Å². The molecule has 1 rings (SSSR count). The Labute approximate surface area is 66.0 Å². The summed E-state index contributed by atoms with van der Waals surface area (Å²) in [4.78, 5) is 10.3. The van der Waals surface area contributed by atoms with E-state index in [1.165, 1.54) is 6.42 Å². The maximum absolute atomic E-state index is 10.3. The SMILES string of the molecule is O=C(O)[C@H](O)C1CCCCC1. The minimum Gasteiger partial charge on any atom is -0.479 e. The molecule has 0 heterocycles. The molecule has 1 saturated carbocycles. The monoisotopic (exact) mass is 158 g/mol. The molecule has 0 bridgehead atoms. The second kappa shape index (κ2) is 3.72. The van der Waals surface area contributed by atoms with Gasteiger partial charge in [-0.3, -0.25) is 0 Å². The van der Waals surface area contributed by atoms with Crippen LogP contribution in [0.2, 0.25) is 0 Å². The number of rotatable bonds is 2. The Morgan fingerprint density at radius 1 is 1.27 bits per heavy atom. The third kappa shape index (κ3) is 2.19. The summed E-state index contributed by atoms with van der Waals surface area (Å²) in [6, 6.07) is 0. The summed E-state index contributed by atoms with van der Waals surface area (Å²) in [5.74, 6) is -1.07. The Morgan fingerprint density at radius 3 is 2.27 bits per heavy atom. The molecular weight excluding hydrogens is 144 g/mol. The average Bonchev–Trinajstić information content (AvgIpc) is 2.05. The van der Waals surface area contributed by atoms with E-state index in [-0.39, 0.29) is 5.92 Å². The smallest absolute Gasteiger partial charge is 0.332 e. The fourth-order valence-electron chi connectivity index (χ4n) is 1.65. The third-order valence-corrected chi connectivity index (χ3v) is 2.35. The molecule has 0 aliphatic heterocycles. The summed E-state index contributed by atoms with van der Waals surface area (Å²) in [7, 11) is 0. The van der Waals surface area contributed by atoms with Crippen molar-refractivity contribution in [2.45, 2.75) is 38.2 Å². The largest absolute Gasteiger partial charge is 0.479 e. The first-order chi connectivity index (χ1) is 5.22. The van der Waals surface area contributed by atoms with Gasteiger partial charge >= 0.3 is 5.97 Å². The molecule has 0 amide bonds. The fourth-order valence-corrected chi connectivity index (χ4v) is 1.65. The highest BCUT2D eigenvalue weighted by molar-refractivity contribution is 5.72. The predicted molar refractivity (Wildman–Crippen MR) is 40.2 cm³/mol. The molecular formula is C8H14O3. The highest BCUT2D eigenvalue weighted by Crippen LogP contribution is 2.26. The van der Waals surface area contributed by atoms with Crippen LogP contribution in [-0.2, 0) is 4.79 Å². The lowest BCUT2D eigenvalue weighted by Crippen LogP contribution is -2.30. The number of carboxylic acid groups (broad SMARTS) is 1. The van der Waals surface area contributed by atoms with E-state index in [1.807, 2.05) is 0 Å². The average molecular weight is 158 g/mol. The van der Waals surface area contributed by atoms with Gasteiger partial charge in [0.25, 0.3) is 0 Å². The quantitative estimate of drug-likeness (QED) is 0.630. The van der Waals surface area contributed by atoms with E-state index in [0.717, 1.165) is 25.7 Å². The van der Waals surface area contributed by atoms with Gasteiger partial charge in [0.15, 0.2) is 6.10 Å². The maximum Gasteiger partial charge on any atom is 0.332 e. The van der Waals surface area contributed by atoms with Crippen molar-refractivity contribution in [1.29, 1.82) is 0 Å². The lowest BCUT2D eigenvalue weighted by atomic mass is 9.85. The Bertz CT molecular complexity index is 138.